The molecule has 0 bridgehead atoms. The van der Waals surface area contributed by atoms with E-state index < -0.39 is 0 Å². The van der Waals surface area contributed by atoms with Crippen molar-refractivity contribution in [1.82, 2.24) is 5.32 Å². The Bertz CT molecular complexity index is 312. The fourth-order valence-electron chi connectivity index (χ4n) is 2.19. The average Bonchev–Trinajstić information content (AvgIpc) is 2.39. The first kappa shape index (κ1) is 15.2. The van der Waals surface area contributed by atoms with Gasteiger partial charge in [0.05, 0.1) is 0 Å². The van der Waals surface area contributed by atoms with Crippen LogP contribution in [0.3, 0.4) is 0 Å². The van der Waals surface area contributed by atoms with E-state index in [1.165, 1.54) is 24.8 Å². The summed E-state index contributed by atoms with van der Waals surface area (Å²) in [5.41, 5.74) is 1.67. The zero-order chi connectivity index (χ0) is 13.4. The van der Waals surface area contributed by atoms with Gasteiger partial charge in [-0.2, -0.15) is 0 Å². The van der Waals surface area contributed by atoms with E-state index in [1.807, 2.05) is 0 Å². The topological polar surface area (TPSA) is 12.0 Å². The third-order valence-electron chi connectivity index (χ3n) is 3.91. The van der Waals surface area contributed by atoms with Crippen molar-refractivity contribution >= 4 is 0 Å². The summed E-state index contributed by atoms with van der Waals surface area (Å²) in [7, 11) is 0. The van der Waals surface area contributed by atoms with Crippen molar-refractivity contribution in [3.05, 3.63) is 35.9 Å². The first-order valence-corrected chi connectivity index (χ1v) is 7.36. The lowest BCUT2D eigenvalue weighted by Crippen LogP contribution is -2.42. The third-order valence-corrected chi connectivity index (χ3v) is 3.91. The van der Waals surface area contributed by atoms with Gasteiger partial charge < -0.3 is 5.32 Å². The maximum Gasteiger partial charge on any atom is 0.0128 e. The minimum Gasteiger partial charge on any atom is -0.312 e. The minimum absolute atomic E-state index is 0.235. The van der Waals surface area contributed by atoms with Crippen LogP contribution in [0.4, 0.5) is 0 Å². The summed E-state index contributed by atoms with van der Waals surface area (Å²) in [5, 5.41) is 3.73. The molecule has 102 valence electrons. The Morgan fingerprint density at radius 2 is 1.67 bits per heavy atom. The molecule has 18 heavy (non-hydrogen) atoms. The SMILES string of the molecule is CCC(CC)CNC(C)(C)CCc1ccccc1. The van der Waals surface area contributed by atoms with Crippen LogP contribution in [0.25, 0.3) is 0 Å². The Balaban J connectivity index is 2.35. The normalized spacial score (nSPS) is 12.1. The molecule has 0 aromatic heterocycles. The zero-order valence-corrected chi connectivity index (χ0v) is 12.5. The maximum atomic E-state index is 3.73. The Labute approximate surface area is 113 Å². The molecule has 0 spiro atoms. The lowest BCUT2D eigenvalue weighted by molar-refractivity contribution is 0.320. The smallest absolute Gasteiger partial charge is 0.0128 e. The van der Waals surface area contributed by atoms with Crippen LogP contribution in [0.15, 0.2) is 30.3 Å². The largest absolute Gasteiger partial charge is 0.312 e. The van der Waals surface area contributed by atoms with Crippen molar-refractivity contribution in [1.29, 1.82) is 0 Å². The molecule has 1 nitrogen and oxygen atoms in total. The van der Waals surface area contributed by atoms with Gasteiger partial charge in [-0.1, -0.05) is 57.0 Å². The molecule has 0 saturated carbocycles. The van der Waals surface area contributed by atoms with Crippen molar-refractivity contribution in [2.75, 3.05) is 6.54 Å². The predicted molar refractivity (Wildman–Crippen MR) is 80.9 cm³/mol. The lowest BCUT2D eigenvalue weighted by Gasteiger charge is -2.29. The monoisotopic (exact) mass is 247 g/mol. The van der Waals surface area contributed by atoms with E-state index >= 15 is 0 Å². The second kappa shape index (κ2) is 7.58. The van der Waals surface area contributed by atoms with Crippen LogP contribution in [0.1, 0.15) is 52.5 Å². The molecular formula is C17H29N. The molecule has 0 aliphatic rings. The van der Waals surface area contributed by atoms with Crippen molar-refractivity contribution < 1.29 is 0 Å². The fraction of sp³-hybridized carbons (Fsp3) is 0.647. The molecule has 1 aromatic rings. The van der Waals surface area contributed by atoms with Gasteiger partial charge in [0.1, 0.15) is 0 Å². The Hall–Kier alpha value is -0.820. The fourth-order valence-corrected chi connectivity index (χ4v) is 2.19. The second-order valence-electron chi connectivity index (χ2n) is 5.93. The third kappa shape index (κ3) is 5.68. The van der Waals surface area contributed by atoms with Crippen LogP contribution in [0.2, 0.25) is 0 Å². The molecule has 0 fully saturated rings. The van der Waals surface area contributed by atoms with Gasteiger partial charge in [-0.05, 0) is 44.7 Å². The van der Waals surface area contributed by atoms with Gasteiger partial charge in [-0.3, -0.25) is 0 Å². The van der Waals surface area contributed by atoms with E-state index in [0.29, 0.717) is 0 Å². The van der Waals surface area contributed by atoms with Gasteiger partial charge in [0, 0.05) is 5.54 Å². The summed E-state index contributed by atoms with van der Waals surface area (Å²) in [5.74, 6) is 0.820. The molecule has 0 aliphatic carbocycles. The van der Waals surface area contributed by atoms with E-state index in [4.69, 9.17) is 0 Å². The van der Waals surface area contributed by atoms with Crippen molar-refractivity contribution in [3.63, 3.8) is 0 Å². The Kier molecular flexibility index (Phi) is 6.42. The molecule has 1 heteroatoms. The number of aryl methyl sites for hydroxylation is 1. The standard InChI is InChI=1S/C17H29N/c1-5-15(6-2)14-18-17(3,4)13-12-16-10-8-7-9-11-16/h7-11,15,18H,5-6,12-14H2,1-4H3. The van der Waals surface area contributed by atoms with Gasteiger partial charge in [0.2, 0.25) is 0 Å². The molecule has 1 rings (SSSR count). The minimum atomic E-state index is 0.235. The van der Waals surface area contributed by atoms with Crippen molar-refractivity contribution in [3.8, 4) is 0 Å². The van der Waals surface area contributed by atoms with Gasteiger partial charge in [0.15, 0.2) is 0 Å². The van der Waals surface area contributed by atoms with E-state index in [2.05, 4.69) is 63.3 Å². The summed E-state index contributed by atoms with van der Waals surface area (Å²) in [4.78, 5) is 0. The van der Waals surface area contributed by atoms with E-state index in [9.17, 15) is 0 Å². The van der Waals surface area contributed by atoms with Crippen LogP contribution >= 0.6 is 0 Å². The summed E-state index contributed by atoms with van der Waals surface area (Å²) in [6.07, 6.45) is 4.90. The van der Waals surface area contributed by atoms with E-state index in [-0.39, 0.29) is 5.54 Å². The molecule has 1 N–H and O–H groups in total. The second-order valence-corrected chi connectivity index (χ2v) is 5.93. The predicted octanol–water partition coefficient (Wildman–Crippen LogP) is 4.42. The van der Waals surface area contributed by atoms with Crippen LogP contribution in [0, 0.1) is 5.92 Å². The molecule has 0 aliphatic heterocycles. The summed E-state index contributed by atoms with van der Waals surface area (Å²) < 4.78 is 0. The summed E-state index contributed by atoms with van der Waals surface area (Å²) in [6.45, 7) is 10.4. The lowest BCUT2D eigenvalue weighted by atomic mass is 9.93. The van der Waals surface area contributed by atoms with Crippen LogP contribution in [-0.2, 0) is 6.42 Å². The van der Waals surface area contributed by atoms with Crippen LogP contribution < -0.4 is 5.32 Å². The molecule has 0 saturated heterocycles. The highest BCUT2D eigenvalue weighted by Crippen LogP contribution is 2.15. The number of hydrogen-bond acceptors (Lipinski definition) is 1. The number of benzene rings is 1. The molecule has 0 radical (unpaired) electrons. The highest BCUT2D eigenvalue weighted by Gasteiger charge is 2.18. The molecule has 0 atom stereocenters. The molecule has 0 heterocycles. The van der Waals surface area contributed by atoms with Gasteiger partial charge in [0.25, 0.3) is 0 Å². The average molecular weight is 247 g/mol. The first-order valence-electron chi connectivity index (χ1n) is 7.36. The van der Waals surface area contributed by atoms with Crippen molar-refractivity contribution in [2.45, 2.75) is 58.9 Å². The summed E-state index contributed by atoms with van der Waals surface area (Å²) >= 11 is 0. The Morgan fingerprint density at radius 3 is 2.22 bits per heavy atom. The van der Waals surface area contributed by atoms with Gasteiger partial charge in [-0.25, -0.2) is 0 Å². The molecular weight excluding hydrogens is 218 g/mol. The molecule has 1 aromatic carbocycles. The van der Waals surface area contributed by atoms with Gasteiger partial charge >= 0.3 is 0 Å². The number of hydrogen-bond donors (Lipinski definition) is 1. The van der Waals surface area contributed by atoms with E-state index in [0.717, 1.165) is 18.9 Å². The maximum absolute atomic E-state index is 3.73. The highest BCUT2D eigenvalue weighted by molar-refractivity contribution is 5.15. The van der Waals surface area contributed by atoms with Gasteiger partial charge in [-0.15, -0.1) is 0 Å². The Morgan fingerprint density at radius 1 is 1.06 bits per heavy atom. The van der Waals surface area contributed by atoms with Crippen LogP contribution in [0.5, 0.6) is 0 Å². The molecule has 0 amide bonds. The van der Waals surface area contributed by atoms with E-state index in [1.54, 1.807) is 0 Å². The van der Waals surface area contributed by atoms with Crippen LogP contribution in [-0.4, -0.2) is 12.1 Å². The highest BCUT2D eigenvalue weighted by atomic mass is 15.0. The number of nitrogens with one attached hydrogen (secondary N) is 1. The summed E-state index contributed by atoms with van der Waals surface area (Å²) in [6, 6.07) is 10.8. The first-order chi connectivity index (χ1) is 8.57. The number of rotatable bonds is 8. The zero-order valence-electron chi connectivity index (χ0n) is 12.5. The quantitative estimate of drug-likeness (QED) is 0.717. The molecule has 0 unspecified atom stereocenters. The van der Waals surface area contributed by atoms with Crippen molar-refractivity contribution in [2.24, 2.45) is 5.92 Å².